The summed E-state index contributed by atoms with van der Waals surface area (Å²) in [6, 6.07) is 9.22. The summed E-state index contributed by atoms with van der Waals surface area (Å²) < 4.78 is 5.36. The van der Waals surface area contributed by atoms with E-state index in [-0.39, 0.29) is 5.97 Å². The van der Waals surface area contributed by atoms with E-state index in [0.717, 1.165) is 89.0 Å². The van der Waals surface area contributed by atoms with Gasteiger partial charge < -0.3 is 4.74 Å². The second-order valence-corrected chi connectivity index (χ2v) is 17.3. The Hall–Kier alpha value is -3.91. The molecule has 0 amide bonds. The number of para-hydroxylation sites is 1. The third kappa shape index (κ3) is 31.1. The number of benzene rings is 1. The fourth-order valence-corrected chi connectivity index (χ4v) is 6.68. The molecule has 0 spiro atoms. The van der Waals surface area contributed by atoms with Gasteiger partial charge in [-0.1, -0.05) is 129 Å². The molecule has 1 rings (SSSR count). The van der Waals surface area contributed by atoms with Gasteiger partial charge in [0.2, 0.25) is 0 Å². The van der Waals surface area contributed by atoms with Crippen LogP contribution in [0.4, 0.5) is 0 Å². The summed E-state index contributed by atoms with van der Waals surface area (Å²) in [6.07, 6.45) is 43.5. The molecule has 1 aromatic rings. The SMILES string of the molecule is CC(C)=CCCC(C)=CCCC(C)=CCCC(C)=CCCC(C)=CCCC(C)=CCCC(C)=CCCC(C)=CCCC(C)=CCCC(C)=CC(=O)Oc1ccccc1. The lowest BCUT2D eigenvalue weighted by Crippen LogP contribution is -2.04. The zero-order valence-electron chi connectivity index (χ0n) is 39.2. The molecule has 0 heterocycles. The molecule has 0 unspecified atom stereocenters. The summed E-state index contributed by atoms with van der Waals surface area (Å²) in [7, 11) is 0. The highest BCUT2D eigenvalue weighted by Crippen LogP contribution is 2.18. The van der Waals surface area contributed by atoms with Gasteiger partial charge in [0, 0.05) is 6.08 Å². The summed E-state index contributed by atoms with van der Waals surface area (Å²) in [5.74, 6) is 0.271. The lowest BCUT2D eigenvalue weighted by Gasteiger charge is -2.04. The van der Waals surface area contributed by atoms with Gasteiger partial charge in [-0.15, -0.1) is 0 Å². The van der Waals surface area contributed by atoms with Crippen molar-refractivity contribution in [2.45, 2.75) is 192 Å². The van der Waals surface area contributed by atoms with Gasteiger partial charge in [-0.3, -0.25) is 0 Å². The zero-order chi connectivity index (χ0) is 43.0. The van der Waals surface area contributed by atoms with Gasteiger partial charge in [0.15, 0.2) is 0 Å². The summed E-state index contributed by atoms with van der Waals surface area (Å²) in [4.78, 5) is 12.1. The van der Waals surface area contributed by atoms with Gasteiger partial charge >= 0.3 is 5.97 Å². The Morgan fingerprint density at radius 1 is 0.362 bits per heavy atom. The van der Waals surface area contributed by atoms with Crippen molar-refractivity contribution >= 4 is 5.97 Å². The molecule has 0 saturated heterocycles. The van der Waals surface area contributed by atoms with Crippen LogP contribution in [0.5, 0.6) is 5.75 Å². The van der Waals surface area contributed by atoms with Crippen molar-refractivity contribution in [3.63, 3.8) is 0 Å². The van der Waals surface area contributed by atoms with E-state index in [4.69, 9.17) is 4.74 Å². The molecule has 0 atom stereocenters. The van der Waals surface area contributed by atoms with Crippen molar-refractivity contribution in [2.24, 2.45) is 0 Å². The first kappa shape index (κ1) is 52.1. The number of rotatable bonds is 29. The zero-order valence-corrected chi connectivity index (χ0v) is 39.2. The summed E-state index contributed by atoms with van der Waals surface area (Å²) in [6.45, 7) is 24.6. The fraction of sp³-hybridized carbons (Fsp3) is 0.518. The number of hydrogen-bond acceptors (Lipinski definition) is 2. The van der Waals surface area contributed by atoms with Gasteiger partial charge in [0.1, 0.15) is 5.75 Å². The number of carbonyl (C=O) groups is 1. The van der Waals surface area contributed by atoms with Crippen LogP contribution in [0.1, 0.15) is 192 Å². The first-order valence-corrected chi connectivity index (χ1v) is 22.6. The van der Waals surface area contributed by atoms with Crippen LogP contribution in [-0.2, 0) is 4.79 Å². The number of carbonyl (C=O) groups excluding carboxylic acids is 1. The highest BCUT2D eigenvalue weighted by atomic mass is 16.5. The molecule has 0 saturated carbocycles. The number of ether oxygens (including phenoxy) is 1. The van der Waals surface area contributed by atoms with Crippen LogP contribution in [0, 0.1) is 0 Å². The van der Waals surface area contributed by atoms with Crippen LogP contribution in [0.15, 0.2) is 147 Å². The Bertz CT molecular complexity index is 1640. The van der Waals surface area contributed by atoms with Gasteiger partial charge in [0.25, 0.3) is 0 Å². The average Bonchev–Trinajstić information content (AvgIpc) is 3.15. The molecule has 0 N–H and O–H groups in total. The van der Waals surface area contributed by atoms with E-state index >= 15 is 0 Å². The van der Waals surface area contributed by atoms with Crippen LogP contribution in [-0.4, -0.2) is 5.97 Å². The van der Waals surface area contributed by atoms with Crippen molar-refractivity contribution in [1.29, 1.82) is 0 Å². The molecule has 1 aromatic carbocycles. The van der Waals surface area contributed by atoms with Crippen molar-refractivity contribution in [1.82, 2.24) is 0 Å². The van der Waals surface area contributed by atoms with Crippen LogP contribution >= 0.6 is 0 Å². The van der Waals surface area contributed by atoms with Crippen molar-refractivity contribution < 1.29 is 9.53 Å². The van der Waals surface area contributed by atoms with Gasteiger partial charge in [-0.05, 0) is 204 Å². The highest BCUT2D eigenvalue weighted by molar-refractivity contribution is 5.84. The second kappa shape index (κ2) is 33.0. The van der Waals surface area contributed by atoms with Crippen LogP contribution in [0.2, 0.25) is 0 Å². The topological polar surface area (TPSA) is 26.3 Å². The maximum Gasteiger partial charge on any atom is 0.336 e. The van der Waals surface area contributed by atoms with E-state index in [0.29, 0.717) is 5.75 Å². The molecule has 0 aliphatic heterocycles. The second-order valence-electron chi connectivity index (χ2n) is 17.3. The molecule has 320 valence electrons. The molecule has 0 radical (unpaired) electrons. The van der Waals surface area contributed by atoms with Crippen LogP contribution in [0.3, 0.4) is 0 Å². The Morgan fingerprint density at radius 2 is 0.603 bits per heavy atom. The molecule has 2 nitrogen and oxygen atoms in total. The lowest BCUT2D eigenvalue weighted by molar-refractivity contribution is -0.129. The van der Waals surface area contributed by atoms with E-state index in [1.807, 2.05) is 25.1 Å². The Kier molecular flexibility index (Phi) is 29.6. The molecule has 2 heteroatoms. The van der Waals surface area contributed by atoms with E-state index in [1.165, 1.54) is 82.3 Å². The molecule has 0 aliphatic rings. The normalized spacial score (nSPS) is 14.3. The summed E-state index contributed by atoms with van der Waals surface area (Å²) in [5, 5.41) is 0. The van der Waals surface area contributed by atoms with Gasteiger partial charge in [0.05, 0.1) is 0 Å². The number of hydrogen-bond donors (Lipinski definition) is 0. The van der Waals surface area contributed by atoms with Gasteiger partial charge in [-0.25, -0.2) is 4.79 Å². The maximum absolute atomic E-state index is 12.1. The van der Waals surface area contributed by atoms with Crippen LogP contribution < -0.4 is 4.74 Å². The molecular weight excluding hydrogens is 705 g/mol. The smallest absolute Gasteiger partial charge is 0.336 e. The monoisotopic (exact) mass is 789 g/mol. The minimum atomic E-state index is -0.308. The number of allylic oxidation sites excluding steroid dienone is 19. The predicted octanol–water partition coefficient (Wildman–Crippen LogP) is 18.1. The Labute approximate surface area is 358 Å². The lowest BCUT2D eigenvalue weighted by atomic mass is 10.0. The van der Waals surface area contributed by atoms with E-state index in [2.05, 4.69) is 124 Å². The van der Waals surface area contributed by atoms with E-state index < -0.39 is 0 Å². The molecule has 0 fully saturated rings. The fourth-order valence-electron chi connectivity index (χ4n) is 6.68. The first-order valence-electron chi connectivity index (χ1n) is 22.6. The Balaban J connectivity index is 2.23. The molecule has 0 aromatic heterocycles. The van der Waals surface area contributed by atoms with Crippen molar-refractivity contribution in [3.8, 4) is 5.75 Å². The predicted molar refractivity (Wildman–Crippen MR) is 258 cm³/mol. The minimum absolute atomic E-state index is 0.308. The molecular formula is C56H84O2. The highest BCUT2D eigenvalue weighted by Gasteiger charge is 2.02. The number of esters is 1. The largest absolute Gasteiger partial charge is 0.423 e. The standard InChI is InChI=1S/C56H84O2/c1-45(2)24-15-25-46(3)26-16-27-47(4)28-17-29-48(5)30-18-31-49(6)32-19-33-50(7)34-20-35-51(8)36-21-37-52(9)38-22-39-53(10)40-23-41-54(11)44-56(57)58-55-42-13-12-14-43-55/h12-14,24,26,28,30,32,34,36,38,40,42-44H,15-23,25,27,29,31,33,35,37,39,41H2,1-11H3. The quantitative estimate of drug-likeness (QED) is 0.0350. The Morgan fingerprint density at radius 3 is 0.862 bits per heavy atom. The maximum atomic E-state index is 12.1. The van der Waals surface area contributed by atoms with E-state index in [9.17, 15) is 4.79 Å². The first-order chi connectivity index (χ1) is 27.7. The average molecular weight is 789 g/mol. The molecule has 0 aliphatic carbocycles. The van der Waals surface area contributed by atoms with Crippen molar-refractivity contribution in [3.05, 3.63) is 147 Å². The van der Waals surface area contributed by atoms with Gasteiger partial charge in [-0.2, -0.15) is 0 Å². The summed E-state index contributed by atoms with van der Waals surface area (Å²) >= 11 is 0. The van der Waals surface area contributed by atoms with E-state index in [1.54, 1.807) is 18.2 Å². The third-order valence-corrected chi connectivity index (χ3v) is 10.7. The molecule has 58 heavy (non-hydrogen) atoms. The van der Waals surface area contributed by atoms with Crippen LogP contribution in [0.25, 0.3) is 0 Å². The third-order valence-electron chi connectivity index (χ3n) is 10.7. The minimum Gasteiger partial charge on any atom is -0.423 e. The summed E-state index contributed by atoms with van der Waals surface area (Å²) in [5.41, 5.74) is 14.5. The van der Waals surface area contributed by atoms with Crippen molar-refractivity contribution in [2.75, 3.05) is 0 Å². The molecule has 0 bridgehead atoms.